The topological polar surface area (TPSA) is 130 Å². The number of rotatable bonds is 11. The molecule has 3 atom stereocenters. The predicted molar refractivity (Wildman–Crippen MR) is 214 cm³/mol. The standard InChI is InChI=1S/C43H41ClF6N8O3/c1-42(2,61)13-12-25-6-7-26(27-9-11-30(44)35-38(27)56(3)55-41(35)53-32(59)20-57-14-4-5-15-57)36(51-25)31(18-22-16-23(45)19-24(46)17-22)52-33(60)21-58-39-34(37(54-58)40(47)48)28-8-10-29(28)43(39,49)50/h6-7,9,11,16-17,19,28-29,31,40,61H,4-5,8,10,14-15,18,20-21H2,1-3H3,(H,52,60)(H,53,55,59). The molecule has 2 aromatic carbocycles. The lowest BCUT2D eigenvalue weighted by molar-refractivity contribution is -0.123. The number of nitrogens with zero attached hydrogens (tertiary/aromatic N) is 6. The van der Waals surface area contributed by atoms with Crippen molar-refractivity contribution in [1.82, 2.24) is 34.8 Å². The van der Waals surface area contributed by atoms with Crippen molar-refractivity contribution in [3.05, 3.63) is 93.0 Å². The highest BCUT2D eigenvalue weighted by Gasteiger charge is 2.62. The number of benzene rings is 2. The van der Waals surface area contributed by atoms with Crippen molar-refractivity contribution in [3.63, 3.8) is 0 Å². The maximum absolute atomic E-state index is 15.7. The lowest BCUT2D eigenvalue weighted by atomic mass is 9.73. The number of pyridine rings is 1. The third kappa shape index (κ3) is 8.32. The summed E-state index contributed by atoms with van der Waals surface area (Å²) in [7, 11) is 1.64. The highest BCUT2D eigenvalue weighted by atomic mass is 35.5. The number of amides is 2. The monoisotopic (exact) mass is 866 g/mol. The molecule has 3 unspecified atom stereocenters. The summed E-state index contributed by atoms with van der Waals surface area (Å²) in [5.74, 6) is -2.84. The first-order chi connectivity index (χ1) is 28.9. The minimum Gasteiger partial charge on any atom is -0.378 e. The lowest BCUT2D eigenvalue weighted by Crippen LogP contribution is -2.36. The average Bonchev–Trinajstić information content (AvgIpc) is 3.90. The minimum atomic E-state index is -3.51. The van der Waals surface area contributed by atoms with Gasteiger partial charge in [0.25, 0.3) is 12.3 Å². The number of aliphatic hydroxyl groups is 1. The Morgan fingerprint density at radius 1 is 0.984 bits per heavy atom. The van der Waals surface area contributed by atoms with E-state index >= 15 is 8.78 Å². The SMILES string of the molecule is Cn1nc(NC(=O)CN2CCCC2)c2c(Cl)ccc(-c3ccc(C#CC(C)(C)O)nc3C(Cc3cc(F)cc(F)c3)NC(=O)Cn3nc(C(F)F)c4c3C(F)(F)C3CCC43)c21. The maximum atomic E-state index is 15.7. The van der Waals surface area contributed by atoms with E-state index in [0.29, 0.717) is 39.2 Å². The van der Waals surface area contributed by atoms with E-state index in [4.69, 9.17) is 16.6 Å². The number of halogens is 7. The summed E-state index contributed by atoms with van der Waals surface area (Å²) < 4.78 is 91.3. The van der Waals surface area contributed by atoms with Gasteiger partial charge in [-0.25, -0.2) is 22.5 Å². The Labute approximate surface area is 351 Å². The molecular weight excluding hydrogens is 826 g/mol. The van der Waals surface area contributed by atoms with Crippen LogP contribution in [0.5, 0.6) is 0 Å². The first kappa shape index (κ1) is 42.3. The van der Waals surface area contributed by atoms with E-state index in [0.717, 1.165) is 38.1 Å². The summed E-state index contributed by atoms with van der Waals surface area (Å²) in [4.78, 5) is 34.1. The summed E-state index contributed by atoms with van der Waals surface area (Å²) in [5.41, 5.74) is -1.66. The van der Waals surface area contributed by atoms with Crippen LogP contribution in [0.15, 0.2) is 42.5 Å². The van der Waals surface area contributed by atoms with E-state index < -0.39 is 71.3 Å². The number of nitrogens with one attached hydrogen (secondary N) is 2. The predicted octanol–water partition coefficient (Wildman–Crippen LogP) is 7.56. The van der Waals surface area contributed by atoms with E-state index in [1.54, 1.807) is 31.3 Å². The number of aromatic nitrogens is 5. The number of aryl methyl sites for hydroxylation is 1. The summed E-state index contributed by atoms with van der Waals surface area (Å²) in [6.07, 6.45) is -1.06. The van der Waals surface area contributed by atoms with Crippen LogP contribution in [0.2, 0.25) is 5.02 Å². The number of anilines is 1. The largest absolute Gasteiger partial charge is 0.378 e. The molecule has 320 valence electrons. The molecule has 4 heterocycles. The van der Waals surface area contributed by atoms with Crippen molar-refractivity contribution in [1.29, 1.82) is 0 Å². The van der Waals surface area contributed by atoms with Gasteiger partial charge in [-0.1, -0.05) is 23.6 Å². The van der Waals surface area contributed by atoms with E-state index in [-0.39, 0.29) is 58.6 Å². The van der Waals surface area contributed by atoms with Gasteiger partial charge in [-0.3, -0.25) is 23.9 Å². The fraction of sp³-hybridized carbons (Fsp3) is 0.419. The normalized spacial score (nSPS) is 18.7. The second-order valence-electron chi connectivity index (χ2n) is 16.4. The van der Waals surface area contributed by atoms with Crippen molar-refractivity contribution < 1.29 is 41.0 Å². The Morgan fingerprint density at radius 3 is 2.34 bits per heavy atom. The van der Waals surface area contributed by atoms with E-state index in [9.17, 15) is 32.3 Å². The molecule has 1 saturated heterocycles. The molecule has 2 aliphatic carbocycles. The van der Waals surface area contributed by atoms with Crippen LogP contribution in [0.3, 0.4) is 0 Å². The molecule has 0 spiro atoms. The second kappa shape index (κ2) is 16.1. The summed E-state index contributed by atoms with van der Waals surface area (Å²) in [6, 6.07) is 7.97. The number of alkyl halides is 4. The van der Waals surface area contributed by atoms with Gasteiger partial charge in [0.05, 0.1) is 34.2 Å². The van der Waals surface area contributed by atoms with Crippen molar-refractivity contribution in [2.75, 3.05) is 25.0 Å². The molecule has 0 bridgehead atoms. The average molecular weight is 867 g/mol. The number of carbonyl (C=O) groups is 2. The van der Waals surface area contributed by atoms with Crippen LogP contribution in [0.1, 0.15) is 91.8 Å². The van der Waals surface area contributed by atoms with Gasteiger partial charge in [0.15, 0.2) is 5.82 Å². The smallest absolute Gasteiger partial charge is 0.293 e. The fourth-order valence-corrected chi connectivity index (χ4v) is 8.99. The van der Waals surface area contributed by atoms with Crippen molar-refractivity contribution >= 4 is 40.1 Å². The van der Waals surface area contributed by atoms with Crippen LogP contribution in [-0.4, -0.2) is 71.6 Å². The third-order valence-corrected chi connectivity index (χ3v) is 11.8. The van der Waals surface area contributed by atoms with Gasteiger partial charge >= 0.3 is 0 Å². The zero-order chi connectivity index (χ0) is 43.5. The third-order valence-electron chi connectivity index (χ3n) is 11.4. The fourth-order valence-electron chi connectivity index (χ4n) is 8.75. The van der Waals surface area contributed by atoms with Crippen LogP contribution in [-0.2, 0) is 35.5 Å². The highest BCUT2D eigenvalue weighted by Crippen LogP contribution is 2.63. The van der Waals surface area contributed by atoms with Crippen LogP contribution in [0.25, 0.3) is 22.0 Å². The molecule has 11 nitrogen and oxygen atoms in total. The molecule has 2 amide bonds. The summed E-state index contributed by atoms with van der Waals surface area (Å²) >= 11 is 6.78. The van der Waals surface area contributed by atoms with Crippen LogP contribution < -0.4 is 10.6 Å². The Morgan fingerprint density at radius 2 is 1.69 bits per heavy atom. The van der Waals surface area contributed by atoms with Gasteiger partial charge in [-0.15, -0.1) is 0 Å². The van der Waals surface area contributed by atoms with E-state index in [1.807, 2.05) is 4.90 Å². The van der Waals surface area contributed by atoms with Gasteiger partial charge in [0, 0.05) is 35.7 Å². The van der Waals surface area contributed by atoms with Crippen LogP contribution in [0.4, 0.5) is 32.2 Å². The molecule has 61 heavy (non-hydrogen) atoms. The Bertz CT molecular complexity index is 2600. The molecule has 18 heteroatoms. The first-order valence-electron chi connectivity index (χ1n) is 19.8. The molecule has 1 aliphatic heterocycles. The van der Waals surface area contributed by atoms with Crippen molar-refractivity contribution in [2.24, 2.45) is 13.0 Å². The maximum Gasteiger partial charge on any atom is 0.293 e. The van der Waals surface area contributed by atoms with Gasteiger partial charge in [0.1, 0.15) is 40.9 Å². The molecule has 0 radical (unpaired) electrons. The first-order valence-corrected chi connectivity index (χ1v) is 20.2. The lowest BCUT2D eigenvalue weighted by Gasteiger charge is -2.34. The van der Waals surface area contributed by atoms with Gasteiger partial charge in [-0.2, -0.15) is 19.0 Å². The number of fused-ring (bicyclic) bond motifs is 4. The number of hydrogen-bond acceptors (Lipinski definition) is 7. The zero-order valence-electron chi connectivity index (χ0n) is 33.3. The molecule has 3 aliphatic rings. The molecule has 3 N–H and O–H groups in total. The molecule has 5 aromatic rings. The van der Waals surface area contributed by atoms with Crippen molar-refractivity contribution in [2.45, 2.75) is 82.4 Å². The van der Waals surface area contributed by atoms with E-state index in [1.165, 1.54) is 18.5 Å². The van der Waals surface area contributed by atoms with Gasteiger partial charge in [-0.05, 0) is 107 Å². The van der Waals surface area contributed by atoms with Crippen LogP contribution >= 0.6 is 11.6 Å². The number of hydrogen-bond donors (Lipinski definition) is 3. The Balaban J connectivity index is 1.24. The van der Waals surface area contributed by atoms with Crippen LogP contribution in [0, 0.1) is 29.4 Å². The quantitative estimate of drug-likeness (QED) is 0.0924. The van der Waals surface area contributed by atoms with Crippen molar-refractivity contribution in [3.8, 4) is 23.0 Å². The van der Waals surface area contributed by atoms with Gasteiger partial charge in [0.2, 0.25) is 11.8 Å². The minimum absolute atomic E-state index is 0.0800. The number of carbonyl (C=O) groups excluding carboxylic acids is 2. The molecule has 3 aromatic heterocycles. The Kier molecular flexibility index (Phi) is 11.2. The molecule has 1 saturated carbocycles. The molecule has 2 fully saturated rings. The molecular formula is C43H41ClF6N8O3. The summed E-state index contributed by atoms with van der Waals surface area (Å²) in [5, 5.41) is 25.1. The second-order valence-corrected chi connectivity index (χ2v) is 16.8. The molecule has 8 rings (SSSR count). The number of likely N-dealkylation sites (tertiary alicyclic amines) is 1. The Hall–Kier alpha value is -5.44. The van der Waals surface area contributed by atoms with Gasteiger partial charge < -0.3 is 15.7 Å². The summed E-state index contributed by atoms with van der Waals surface area (Å²) in [6.45, 7) is 3.78. The zero-order valence-corrected chi connectivity index (χ0v) is 34.1. The highest BCUT2D eigenvalue weighted by molar-refractivity contribution is 6.37. The van der Waals surface area contributed by atoms with E-state index in [2.05, 4.69) is 32.7 Å².